The molecular weight excluding hydrogens is 244 g/mol. The molecule has 1 amide bonds. The number of nitrogens with two attached hydrogens (primary N) is 1. The highest BCUT2D eigenvalue weighted by Crippen LogP contribution is 2.32. The van der Waals surface area contributed by atoms with Gasteiger partial charge >= 0.3 is 0 Å². The topological polar surface area (TPSA) is 96.2 Å². The summed E-state index contributed by atoms with van der Waals surface area (Å²) in [5.41, 5.74) is 2.93. The molecule has 104 valence electrons. The second-order valence-electron chi connectivity index (χ2n) is 5.15. The number of aromatic nitrogens is 2. The molecule has 0 spiro atoms. The van der Waals surface area contributed by atoms with Crippen molar-refractivity contribution in [2.24, 2.45) is 11.3 Å². The van der Waals surface area contributed by atoms with Gasteiger partial charge in [-0.15, -0.1) is 0 Å². The van der Waals surface area contributed by atoms with Crippen molar-refractivity contribution in [3.8, 4) is 0 Å². The molecule has 1 aromatic rings. The largest absolute Gasteiger partial charge is 0.359 e. The molecule has 0 radical (unpaired) electrons. The van der Waals surface area contributed by atoms with Crippen LogP contribution >= 0.6 is 0 Å². The number of anilines is 2. The Morgan fingerprint density at radius 1 is 1.53 bits per heavy atom. The predicted octanol–water partition coefficient (Wildman–Crippen LogP) is 0.0330. The van der Waals surface area contributed by atoms with Gasteiger partial charge in [0.15, 0.2) is 0 Å². The maximum atomic E-state index is 11.9. The van der Waals surface area contributed by atoms with E-state index >= 15 is 0 Å². The summed E-state index contributed by atoms with van der Waals surface area (Å²) in [6.07, 6.45) is 0.807. The second-order valence-corrected chi connectivity index (χ2v) is 5.15. The van der Waals surface area contributed by atoms with Crippen LogP contribution < -0.4 is 21.5 Å². The first kappa shape index (κ1) is 13.5. The fraction of sp³-hybridized carbons (Fsp3) is 0.583. The molecule has 1 aromatic heterocycles. The molecule has 1 fully saturated rings. The van der Waals surface area contributed by atoms with Gasteiger partial charge in [-0.3, -0.25) is 10.2 Å². The molecule has 19 heavy (non-hydrogen) atoms. The third-order valence-corrected chi connectivity index (χ3v) is 3.54. The minimum atomic E-state index is -0.371. The smallest absolute Gasteiger partial charge is 0.239 e. The molecule has 1 aliphatic heterocycles. The van der Waals surface area contributed by atoms with Crippen molar-refractivity contribution in [2.75, 3.05) is 30.5 Å². The van der Waals surface area contributed by atoms with Gasteiger partial charge < -0.3 is 10.2 Å². The Morgan fingerprint density at radius 3 is 2.89 bits per heavy atom. The van der Waals surface area contributed by atoms with Crippen molar-refractivity contribution in [1.82, 2.24) is 15.3 Å². The van der Waals surface area contributed by atoms with Gasteiger partial charge in [-0.2, -0.15) is 4.98 Å². The molecule has 0 bridgehead atoms. The molecule has 7 heteroatoms. The molecule has 0 saturated carbocycles. The number of hydrogen-bond acceptors (Lipinski definition) is 6. The summed E-state index contributed by atoms with van der Waals surface area (Å²) in [5.74, 6) is 6.61. The van der Waals surface area contributed by atoms with E-state index in [0.717, 1.165) is 24.5 Å². The molecule has 4 N–H and O–H groups in total. The molecule has 1 atom stereocenters. The Labute approximate surface area is 112 Å². The molecule has 1 aliphatic rings. The van der Waals surface area contributed by atoms with E-state index in [1.54, 1.807) is 7.05 Å². The summed E-state index contributed by atoms with van der Waals surface area (Å²) >= 11 is 0. The van der Waals surface area contributed by atoms with Gasteiger partial charge in [0.25, 0.3) is 0 Å². The van der Waals surface area contributed by atoms with E-state index in [4.69, 9.17) is 5.84 Å². The molecule has 2 heterocycles. The van der Waals surface area contributed by atoms with E-state index in [1.165, 1.54) is 0 Å². The van der Waals surface area contributed by atoms with Crippen molar-refractivity contribution < 1.29 is 4.79 Å². The van der Waals surface area contributed by atoms with Crippen LogP contribution in [-0.2, 0) is 4.79 Å². The highest BCUT2D eigenvalue weighted by Gasteiger charge is 2.40. The third kappa shape index (κ3) is 2.60. The first-order valence-corrected chi connectivity index (χ1v) is 6.28. The summed E-state index contributed by atoms with van der Waals surface area (Å²) in [6, 6.07) is 1.90. The van der Waals surface area contributed by atoms with E-state index in [9.17, 15) is 4.79 Å². The molecule has 2 rings (SSSR count). The van der Waals surface area contributed by atoms with Gasteiger partial charge in [-0.05, 0) is 20.3 Å². The quantitative estimate of drug-likeness (QED) is 0.526. The first-order valence-electron chi connectivity index (χ1n) is 6.28. The van der Waals surface area contributed by atoms with Crippen LogP contribution in [-0.4, -0.2) is 36.0 Å². The Morgan fingerprint density at radius 2 is 2.26 bits per heavy atom. The van der Waals surface area contributed by atoms with Crippen LogP contribution in [0.3, 0.4) is 0 Å². The lowest BCUT2D eigenvalue weighted by atomic mass is 9.89. The molecule has 0 aromatic carbocycles. The number of amides is 1. The molecule has 1 unspecified atom stereocenters. The Kier molecular flexibility index (Phi) is 3.57. The first-order chi connectivity index (χ1) is 8.98. The average Bonchev–Trinajstić information content (AvgIpc) is 2.81. The molecule has 1 saturated heterocycles. The van der Waals surface area contributed by atoms with Gasteiger partial charge in [0, 0.05) is 31.9 Å². The Bertz CT molecular complexity index is 491. The van der Waals surface area contributed by atoms with Crippen LogP contribution in [0, 0.1) is 12.3 Å². The van der Waals surface area contributed by atoms with Crippen molar-refractivity contribution in [3.63, 3.8) is 0 Å². The van der Waals surface area contributed by atoms with Crippen LogP contribution in [0.2, 0.25) is 0 Å². The monoisotopic (exact) mass is 264 g/mol. The number of aryl methyl sites for hydroxylation is 1. The number of rotatable bonds is 3. The normalized spacial score (nSPS) is 22.4. The van der Waals surface area contributed by atoms with E-state index < -0.39 is 0 Å². The number of nitrogens with zero attached hydrogens (tertiary/aromatic N) is 3. The lowest BCUT2D eigenvalue weighted by Gasteiger charge is -2.23. The van der Waals surface area contributed by atoms with Gasteiger partial charge in [0.2, 0.25) is 11.9 Å². The molecular formula is C12H20N6O. The number of carbonyl (C=O) groups excluding carboxylic acids is 1. The average molecular weight is 264 g/mol. The van der Waals surface area contributed by atoms with Gasteiger partial charge in [-0.25, -0.2) is 10.8 Å². The maximum Gasteiger partial charge on any atom is 0.239 e. The minimum Gasteiger partial charge on any atom is -0.359 e. The summed E-state index contributed by atoms with van der Waals surface area (Å²) in [7, 11) is 1.67. The van der Waals surface area contributed by atoms with Crippen LogP contribution in [0.5, 0.6) is 0 Å². The van der Waals surface area contributed by atoms with Crippen molar-refractivity contribution >= 4 is 17.7 Å². The zero-order valence-corrected chi connectivity index (χ0v) is 11.5. The van der Waals surface area contributed by atoms with Crippen molar-refractivity contribution in [2.45, 2.75) is 20.3 Å². The number of carbonyl (C=O) groups is 1. The molecule has 0 aliphatic carbocycles. The lowest BCUT2D eigenvalue weighted by Crippen LogP contribution is -2.39. The number of hydrazine groups is 1. The van der Waals surface area contributed by atoms with Crippen LogP contribution in [0.4, 0.5) is 11.8 Å². The van der Waals surface area contributed by atoms with Crippen molar-refractivity contribution in [1.29, 1.82) is 0 Å². The molecule has 7 nitrogen and oxygen atoms in total. The predicted molar refractivity (Wildman–Crippen MR) is 73.6 cm³/mol. The summed E-state index contributed by atoms with van der Waals surface area (Å²) in [5, 5.41) is 2.72. The van der Waals surface area contributed by atoms with Gasteiger partial charge in [0.05, 0.1) is 5.41 Å². The van der Waals surface area contributed by atoms with Gasteiger partial charge in [-0.1, -0.05) is 0 Å². The van der Waals surface area contributed by atoms with Crippen LogP contribution in [0.15, 0.2) is 6.07 Å². The number of hydrogen-bond donors (Lipinski definition) is 3. The Hall–Kier alpha value is -1.89. The minimum absolute atomic E-state index is 0.0675. The van der Waals surface area contributed by atoms with Gasteiger partial charge in [0.1, 0.15) is 5.82 Å². The van der Waals surface area contributed by atoms with E-state index in [2.05, 4.69) is 25.6 Å². The standard InChI is InChI=1S/C12H20N6O/c1-8-6-9(16-11(15-8)17-13)18-5-4-12(2,7-18)10(19)14-3/h6H,4-5,7,13H2,1-3H3,(H,14,19)(H,15,16,17). The highest BCUT2D eigenvalue weighted by atomic mass is 16.2. The lowest BCUT2D eigenvalue weighted by molar-refractivity contribution is -0.128. The summed E-state index contributed by atoms with van der Waals surface area (Å²) < 4.78 is 0. The zero-order chi connectivity index (χ0) is 14.0. The second kappa shape index (κ2) is 5.00. The van der Waals surface area contributed by atoms with Crippen LogP contribution in [0.25, 0.3) is 0 Å². The number of nitrogens with one attached hydrogen (secondary N) is 2. The highest BCUT2D eigenvalue weighted by molar-refractivity contribution is 5.83. The third-order valence-electron chi connectivity index (χ3n) is 3.54. The number of nitrogen functional groups attached to an aromatic ring is 1. The fourth-order valence-corrected chi connectivity index (χ4v) is 2.42. The van der Waals surface area contributed by atoms with Crippen molar-refractivity contribution in [3.05, 3.63) is 11.8 Å². The summed E-state index contributed by atoms with van der Waals surface area (Å²) in [6.45, 7) is 5.31. The van der Waals surface area contributed by atoms with E-state index in [1.807, 2.05) is 19.9 Å². The van der Waals surface area contributed by atoms with E-state index in [0.29, 0.717) is 12.5 Å². The maximum absolute atomic E-state index is 11.9. The summed E-state index contributed by atoms with van der Waals surface area (Å²) in [4.78, 5) is 22.5. The zero-order valence-electron chi connectivity index (χ0n) is 11.5. The SMILES string of the molecule is CNC(=O)C1(C)CCN(c2cc(C)nc(NN)n2)C1. The van der Waals surface area contributed by atoms with Crippen LogP contribution in [0.1, 0.15) is 19.0 Å². The fourth-order valence-electron chi connectivity index (χ4n) is 2.42. The van der Waals surface area contributed by atoms with E-state index in [-0.39, 0.29) is 11.3 Å². The Balaban J connectivity index is 2.21.